The van der Waals surface area contributed by atoms with E-state index in [9.17, 15) is 0 Å². The molecule has 2 N–H and O–H groups in total. The number of unbranched alkanes of at least 4 members (excludes halogenated alkanes) is 2. The number of nitrogens with one attached hydrogen (secondary N) is 1. The molecule has 1 aliphatic heterocycles. The van der Waals surface area contributed by atoms with Crippen LogP contribution in [0.4, 0.5) is 11.5 Å². The number of anilines is 2. The number of pyridine rings is 1. The van der Waals surface area contributed by atoms with Crippen molar-refractivity contribution in [2.24, 2.45) is 0 Å². The SMILES string of the molecule is CC.CN(C)c1cc(CCCCCO)nc2c1CCCN2.[HH]. The van der Waals surface area contributed by atoms with Crippen molar-refractivity contribution in [2.75, 3.05) is 37.5 Å². The van der Waals surface area contributed by atoms with Crippen molar-refractivity contribution in [3.63, 3.8) is 0 Å². The van der Waals surface area contributed by atoms with Crippen molar-refractivity contribution in [2.45, 2.75) is 52.4 Å². The second-order valence-corrected chi connectivity index (χ2v) is 5.42. The van der Waals surface area contributed by atoms with E-state index in [1.54, 1.807) is 0 Å². The molecule has 21 heavy (non-hydrogen) atoms. The van der Waals surface area contributed by atoms with Crippen LogP contribution in [0.15, 0.2) is 6.07 Å². The summed E-state index contributed by atoms with van der Waals surface area (Å²) < 4.78 is 0. The molecule has 1 aromatic rings. The number of nitrogens with zero attached hydrogens (tertiary/aromatic N) is 2. The summed E-state index contributed by atoms with van der Waals surface area (Å²) in [5.74, 6) is 1.08. The number of fused-ring (bicyclic) bond motifs is 1. The zero-order valence-corrected chi connectivity index (χ0v) is 14.1. The molecule has 0 saturated carbocycles. The summed E-state index contributed by atoms with van der Waals surface area (Å²) in [6.45, 7) is 5.32. The third kappa shape index (κ3) is 5.20. The number of aliphatic hydroxyl groups excluding tert-OH is 1. The first kappa shape index (κ1) is 17.8. The Kier molecular flexibility index (Phi) is 8.13. The van der Waals surface area contributed by atoms with Crippen molar-refractivity contribution < 1.29 is 6.53 Å². The normalized spacial score (nSPS) is 12.8. The summed E-state index contributed by atoms with van der Waals surface area (Å²) in [5, 5.41) is 12.2. The molecule has 0 unspecified atom stereocenters. The van der Waals surface area contributed by atoms with Gasteiger partial charge in [-0.2, -0.15) is 0 Å². The van der Waals surface area contributed by atoms with E-state index >= 15 is 0 Å². The fourth-order valence-corrected chi connectivity index (χ4v) is 2.60. The Bertz CT molecular complexity index is 425. The molecule has 0 aliphatic carbocycles. The molecule has 0 bridgehead atoms. The monoisotopic (exact) mass is 295 g/mol. The third-order valence-corrected chi connectivity index (χ3v) is 3.62. The van der Waals surface area contributed by atoms with Crippen LogP contribution >= 0.6 is 0 Å². The second kappa shape index (κ2) is 9.61. The average Bonchev–Trinajstić information content (AvgIpc) is 2.52. The van der Waals surface area contributed by atoms with Gasteiger partial charge in [0.05, 0.1) is 0 Å². The first-order valence-corrected chi connectivity index (χ1v) is 8.27. The lowest BCUT2D eigenvalue weighted by Crippen LogP contribution is -2.19. The molecule has 4 nitrogen and oxygen atoms in total. The van der Waals surface area contributed by atoms with Gasteiger partial charge in [-0.1, -0.05) is 20.3 Å². The summed E-state index contributed by atoms with van der Waals surface area (Å²) in [5.41, 5.74) is 3.82. The number of aliphatic hydroxyl groups is 1. The molecule has 0 amide bonds. The Morgan fingerprint density at radius 1 is 1.29 bits per heavy atom. The molecule has 2 heterocycles. The van der Waals surface area contributed by atoms with E-state index in [-0.39, 0.29) is 1.43 Å². The van der Waals surface area contributed by atoms with Gasteiger partial charge in [0.2, 0.25) is 0 Å². The van der Waals surface area contributed by atoms with Crippen molar-refractivity contribution >= 4 is 11.5 Å². The summed E-state index contributed by atoms with van der Waals surface area (Å²) in [6, 6.07) is 2.23. The van der Waals surface area contributed by atoms with E-state index in [4.69, 9.17) is 10.1 Å². The fraction of sp³-hybridized carbons (Fsp3) is 0.706. The van der Waals surface area contributed by atoms with E-state index in [0.29, 0.717) is 6.61 Å². The molecule has 4 heteroatoms. The van der Waals surface area contributed by atoms with E-state index in [1.807, 2.05) is 13.8 Å². The molecule has 0 aromatic carbocycles. The van der Waals surface area contributed by atoms with Gasteiger partial charge in [0.15, 0.2) is 0 Å². The van der Waals surface area contributed by atoms with Crippen LogP contribution < -0.4 is 10.2 Å². The van der Waals surface area contributed by atoms with Gasteiger partial charge >= 0.3 is 0 Å². The fourth-order valence-electron chi connectivity index (χ4n) is 2.60. The van der Waals surface area contributed by atoms with Crippen LogP contribution in [0.25, 0.3) is 0 Å². The van der Waals surface area contributed by atoms with E-state index < -0.39 is 0 Å². The van der Waals surface area contributed by atoms with E-state index in [1.165, 1.54) is 17.7 Å². The molecular weight excluding hydrogens is 262 g/mol. The molecule has 0 spiro atoms. The van der Waals surface area contributed by atoms with Gasteiger partial charge in [-0.25, -0.2) is 4.98 Å². The minimum atomic E-state index is 0. The molecule has 1 aromatic heterocycles. The summed E-state index contributed by atoms with van der Waals surface area (Å²) in [7, 11) is 4.19. The predicted octanol–water partition coefficient (Wildman–Crippen LogP) is 3.48. The van der Waals surface area contributed by atoms with Crippen LogP contribution in [0, 0.1) is 0 Å². The molecule has 0 fully saturated rings. The van der Waals surface area contributed by atoms with Gasteiger partial charge in [-0.05, 0) is 38.2 Å². The molecule has 2 rings (SSSR count). The number of rotatable bonds is 6. The highest BCUT2D eigenvalue weighted by Gasteiger charge is 2.16. The zero-order valence-electron chi connectivity index (χ0n) is 14.1. The van der Waals surface area contributed by atoms with Crippen LogP contribution in [-0.2, 0) is 12.8 Å². The third-order valence-electron chi connectivity index (χ3n) is 3.62. The van der Waals surface area contributed by atoms with Gasteiger partial charge < -0.3 is 15.3 Å². The van der Waals surface area contributed by atoms with Gasteiger partial charge in [0.1, 0.15) is 5.82 Å². The molecule has 0 saturated heterocycles. The van der Waals surface area contributed by atoms with Crippen LogP contribution in [0.2, 0.25) is 0 Å². The summed E-state index contributed by atoms with van der Waals surface area (Å²) in [6.07, 6.45) is 6.36. The van der Waals surface area contributed by atoms with E-state index in [2.05, 4.69) is 30.4 Å². The molecule has 0 atom stereocenters. The number of hydrogen-bond donors (Lipinski definition) is 2. The molecule has 0 radical (unpaired) electrons. The van der Waals surface area contributed by atoms with Gasteiger partial charge in [0, 0.05) is 45.6 Å². The lowest BCUT2D eigenvalue weighted by atomic mass is 10.0. The largest absolute Gasteiger partial charge is 0.396 e. The highest BCUT2D eigenvalue weighted by molar-refractivity contribution is 5.64. The minimum Gasteiger partial charge on any atom is -0.396 e. The van der Waals surface area contributed by atoms with Crippen molar-refractivity contribution in [3.8, 4) is 0 Å². The Hall–Kier alpha value is -1.29. The van der Waals surface area contributed by atoms with Gasteiger partial charge in [-0.15, -0.1) is 0 Å². The second-order valence-electron chi connectivity index (χ2n) is 5.42. The van der Waals surface area contributed by atoms with Crippen LogP contribution in [0.1, 0.15) is 52.2 Å². The first-order valence-electron chi connectivity index (χ1n) is 8.27. The standard InChI is InChI=1S/C15H25N3O.C2H6.H2/c1-18(2)14-11-12(7-4-3-5-10-19)17-15-13(14)8-6-9-16-15;1-2;/h11,19H,3-10H2,1-2H3,(H,16,17);1-2H3;1H. The first-order chi connectivity index (χ1) is 10.2. The number of hydrogen-bond acceptors (Lipinski definition) is 4. The van der Waals surface area contributed by atoms with E-state index in [0.717, 1.165) is 50.2 Å². The molecule has 1 aliphatic rings. The molecule has 122 valence electrons. The van der Waals surface area contributed by atoms with Crippen molar-refractivity contribution in [1.29, 1.82) is 0 Å². The van der Waals surface area contributed by atoms with Crippen molar-refractivity contribution in [3.05, 3.63) is 17.3 Å². The van der Waals surface area contributed by atoms with Gasteiger partial charge in [-0.3, -0.25) is 0 Å². The summed E-state index contributed by atoms with van der Waals surface area (Å²) >= 11 is 0. The number of aryl methyl sites for hydroxylation is 1. The maximum Gasteiger partial charge on any atom is 0.131 e. The van der Waals surface area contributed by atoms with Crippen LogP contribution in [-0.4, -0.2) is 37.3 Å². The Balaban J connectivity index is 0.00000141. The summed E-state index contributed by atoms with van der Waals surface area (Å²) in [4.78, 5) is 6.94. The van der Waals surface area contributed by atoms with Gasteiger partial charge in [0.25, 0.3) is 0 Å². The predicted molar refractivity (Wildman–Crippen MR) is 93.5 cm³/mol. The highest BCUT2D eigenvalue weighted by Crippen LogP contribution is 2.30. The van der Waals surface area contributed by atoms with Crippen LogP contribution in [0.5, 0.6) is 0 Å². The quantitative estimate of drug-likeness (QED) is 0.789. The lowest BCUT2D eigenvalue weighted by molar-refractivity contribution is 0.283. The maximum absolute atomic E-state index is 8.81. The van der Waals surface area contributed by atoms with Crippen molar-refractivity contribution in [1.82, 2.24) is 4.98 Å². The van der Waals surface area contributed by atoms with Crippen LogP contribution in [0.3, 0.4) is 0 Å². The number of aromatic nitrogens is 1. The lowest BCUT2D eigenvalue weighted by Gasteiger charge is -2.25. The minimum absolute atomic E-state index is 0. The Labute approximate surface area is 131 Å². The molecular formula is C17H33N3O. The topological polar surface area (TPSA) is 48.4 Å². The highest BCUT2D eigenvalue weighted by atomic mass is 16.2. The Morgan fingerprint density at radius 3 is 2.71 bits per heavy atom. The maximum atomic E-state index is 8.81. The zero-order chi connectivity index (χ0) is 15.7. The average molecular weight is 295 g/mol. The smallest absolute Gasteiger partial charge is 0.131 e. The Morgan fingerprint density at radius 2 is 2.05 bits per heavy atom.